The Bertz CT molecular complexity index is 974. The van der Waals surface area contributed by atoms with Crippen LogP contribution in [0.3, 0.4) is 0 Å². The topological polar surface area (TPSA) is 110 Å². The molecule has 228 valence electrons. The van der Waals surface area contributed by atoms with Gasteiger partial charge in [0.05, 0.1) is 24.7 Å². The molecule has 0 spiro atoms. The number of halogens is 1. The Balaban J connectivity index is 1.40. The van der Waals surface area contributed by atoms with E-state index in [1.54, 1.807) is 12.1 Å². The number of benzene rings is 1. The molecule has 1 N–H and O–H groups in total. The lowest BCUT2D eigenvalue weighted by Crippen LogP contribution is -2.40. The number of Topliss-reactive ketones (excluding diaryl/α,β-unsaturated/α-hetero) is 1. The molecule has 3 aliphatic rings. The third kappa shape index (κ3) is 11.0. The summed E-state index contributed by atoms with van der Waals surface area (Å²) in [5.41, 5.74) is 0. The quantitative estimate of drug-likeness (QED) is 0.190. The molecule has 0 amide bonds. The SMILES string of the molecule is O=C(O)CCC/C=C/CC1C(=O)CC(OC2CCCCO2)C1OCC(COc1cccc(Cl)c1)OC1CCCCO1. The molecule has 1 aliphatic carbocycles. The molecule has 2 aliphatic heterocycles. The minimum Gasteiger partial charge on any atom is -0.491 e. The molecule has 0 bridgehead atoms. The number of carbonyl (C=O) groups excluding carboxylic acids is 1. The lowest BCUT2D eigenvalue weighted by atomic mass is 9.99. The maximum atomic E-state index is 13.1. The minimum absolute atomic E-state index is 0.0919. The van der Waals surface area contributed by atoms with Crippen LogP contribution in [0.25, 0.3) is 0 Å². The predicted molar refractivity (Wildman–Crippen MR) is 152 cm³/mol. The highest BCUT2D eigenvalue weighted by molar-refractivity contribution is 6.30. The summed E-state index contributed by atoms with van der Waals surface area (Å²) in [6.07, 6.45) is 9.65. The zero-order valence-corrected chi connectivity index (χ0v) is 24.4. The summed E-state index contributed by atoms with van der Waals surface area (Å²) in [6, 6.07) is 7.20. The molecule has 1 aromatic carbocycles. The van der Waals surface area contributed by atoms with Crippen molar-refractivity contribution in [3.05, 3.63) is 41.4 Å². The molecule has 4 rings (SSSR count). The minimum atomic E-state index is -0.808. The number of unbranched alkanes of at least 4 members (excludes halogenated alkanes) is 1. The summed E-state index contributed by atoms with van der Waals surface area (Å²) in [6.45, 7) is 1.73. The van der Waals surface area contributed by atoms with Crippen molar-refractivity contribution in [3.8, 4) is 5.75 Å². The van der Waals surface area contributed by atoms with Crippen molar-refractivity contribution in [1.29, 1.82) is 0 Å². The molecule has 3 fully saturated rings. The standard InChI is InChI=1S/C31H43ClO9/c32-22-10-9-11-23(18-22)38-20-24(40-29-14-5-7-16-36-29)21-39-31-25(12-3-1-2-4-13-28(34)35)26(33)19-27(31)41-30-15-6-8-17-37-30/h1,3,9-11,18,24-25,27,29-31H,2,4-8,12-17,19-21H2,(H,34,35)/b3-1+. The number of carboxylic acid groups (broad SMARTS) is 1. The van der Waals surface area contributed by atoms with Crippen LogP contribution in [0.4, 0.5) is 0 Å². The number of ether oxygens (including phenoxy) is 6. The molecule has 0 radical (unpaired) electrons. The van der Waals surface area contributed by atoms with Crippen molar-refractivity contribution in [2.75, 3.05) is 26.4 Å². The lowest BCUT2D eigenvalue weighted by molar-refractivity contribution is -0.226. The van der Waals surface area contributed by atoms with E-state index in [9.17, 15) is 9.59 Å². The van der Waals surface area contributed by atoms with E-state index in [1.807, 2.05) is 24.3 Å². The molecular formula is C31H43ClO9. The average Bonchev–Trinajstić information content (AvgIpc) is 3.26. The molecule has 2 saturated heterocycles. The zero-order chi connectivity index (χ0) is 28.9. The highest BCUT2D eigenvalue weighted by atomic mass is 35.5. The van der Waals surface area contributed by atoms with Crippen LogP contribution in [0.5, 0.6) is 5.75 Å². The number of ketones is 1. The molecule has 6 atom stereocenters. The highest BCUT2D eigenvalue weighted by Gasteiger charge is 2.45. The van der Waals surface area contributed by atoms with E-state index in [-0.39, 0.29) is 50.3 Å². The Morgan fingerprint density at radius 2 is 1.85 bits per heavy atom. The third-order valence-corrected chi connectivity index (χ3v) is 7.79. The summed E-state index contributed by atoms with van der Waals surface area (Å²) in [7, 11) is 0. The van der Waals surface area contributed by atoms with Gasteiger partial charge in [-0.15, -0.1) is 0 Å². The van der Waals surface area contributed by atoms with Gasteiger partial charge in [-0.1, -0.05) is 29.8 Å². The Morgan fingerprint density at radius 3 is 2.56 bits per heavy atom. The second-order valence-electron chi connectivity index (χ2n) is 10.9. The van der Waals surface area contributed by atoms with Crippen LogP contribution >= 0.6 is 11.6 Å². The van der Waals surface area contributed by atoms with Crippen LogP contribution in [-0.4, -0.2) is 74.2 Å². The molecule has 0 aromatic heterocycles. The van der Waals surface area contributed by atoms with E-state index in [0.717, 1.165) is 38.5 Å². The first-order chi connectivity index (χ1) is 20.0. The van der Waals surface area contributed by atoms with Crippen molar-refractivity contribution in [2.24, 2.45) is 5.92 Å². The monoisotopic (exact) mass is 594 g/mol. The van der Waals surface area contributed by atoms with Gasteiger partial charge < -0.3 is 33.5 Å². The summed E-state index contributed by atoms with van der Waals surface area (Å²) in [5.74, 6) is -0.459. The summed E-state index contributed by atoms with van der Waals surface area (Å²) >= 11 is 6.13. The number of carboxylic acids is 1. The van der Waals surface area contributed by atoms with Gasteiger partial charge in [-0.2, -0.15) is 0 Å². The summed E-state index contributed by atoms with van der Waals surface area (Å²) in [4.78, 5) is 23.9. The molecule has 2 heterocycles. The van der Waals surface area contributed by atoms with E-state index >= 15 is 0 Å². The number of allylic oxidation sites excluding steroid dienone is 2. The number of hydrogen-bond donors (Lipinski definition) is 1. The first-order valence-electron chi connectivity index (χ1n) is 14.9. The predicted octanol–water partition coefficient (Wildman–Crippen LogP) is 5.72. The van der Waals surface area contributed by atoms with E-state index in [4.69, 9.17) is 45.1 Å². The van der Waals surface area contributed by atoms with Gasteiger partial charge in [0.15, 0.2) is 12.6 Å². The second-order valence-corrected chi connectivity index (χ2v) is 11.3. The van der Waals surface area contributed by atoms with Gasteiger partial charge in [0, 0.05) is 31.1 Å². The number of aliphatic carboxylic acids is 1. The van der Waals surface area contributed by atoms with Crippen LogP contribution in [-0.2, 0) is 33.3 Å². The van der Waals surface area contributed by atoms with Gasteiger partial charge in [-0.25, -0.2) is 0 Å². The molecule has 1 aromatic rings. The number of hydrogen-bond acceptors (Lipinski definition) is 8. The smallest absolute Gasteiger partial charge is 0.303 e. The largest absolute Gasteiger partial charge is 0.491 e. The first kappa shape index (κ1) is 31.9. The van der Waals surface area contributed by atoms with Crippen LogP contribution in [0, 0.1) is 5.92 Å². The Kier molecular flexibility index (Phi) is 13.4. The van der Waals surface area contributed by atoms with Crippen LogP contribution in [0.2, 0.25) is 5.02 Å². The fourth-order valence-corrected chi connectivity index (χ4v) is 5.57. The van der Waals surface area contributed by atoms with E-state index < -0.39 is 24.3 Å². The normalized spacial score (nSPS) is 27.7. The van der Waals surface area contributed by atoms with Crippen molar-refractivity contribution in [1.82, 2.24) is 0 Å². The fraction of sp³-hybridized carbons (Fsp3) is 0.677. The molecule has 41 heavy (non-hydrogen) atoms. The maximum absolute atomic E-state index is 13.1. The Hall–Kier alpha value is -2.01. The summed E-state index contributed by atoms with van der Waals surface area (Å²) < 4.78 is 36.7. The van der Waals surface area contributed by atoms with E-state index in [2.05, 4.69) is 0 Å². The highest BCUT2D eigenvalue weighted by Crippen LogP contribution is 2.33. The van der Waals surface area contributed by atoms with Gasteiger partial charge in [0.25, 0.3) is 0 Å². The maximum Gasteiger partial charge on any atom is 0.303 e. The summed E-state index contributed by atoms with van der Waals surface area (Å²) in [5, 5.41) is 9.44. The number of carbonyl (C=O) groups is 2. The van der Waals surface area contributed by atoms with E-state index in [1.165, 1.54) is 0 Å². The molecule has 10 heteroatoms. The number of rotatable bonds is 16. The third-order valence-electron chi connectivity index (χ3n) is 7.55. The van der Waals surface area contributed by atoms with Gasteiger partial charge in [0.1, 0.15) is 24.2 Å². The van der Waals surface area contributed by atoms with E-state index in [0.29, 0.717) is 43.2 Å². The van der Waals surface area contributed by atoms with Crippen molar-refractivity contribution >= 4 is 23.4 Å². The fourth-order valence-electron chi connectivity index (χ4n) is 5.39. The molecule has 6 unspecified atom stereocenters. The van der Waals surface area contributed by atoms with Gasteiger partial charge in [-0.05, 0) is 76.0 Å². The van der Waals surface area contributed by atoms with Gasteiger partial charge in [0.2, 0.25) is 0 Å². The molecular weight excluding hydrogens is 552 g/mol. The second kappa shape index (κ2) is 17.2. The van der Waals surface area contributed by atoms with Crippen LogP contribution < -0.4 is 4.74 Å². The molecule has 1 saturated carbocycles. The Morgan fingerprint density at radius 1 is 1.07 bits per heavy atom. The van der Waals surface area contributed by atoms with Crippen LogP contribution in [0.15, 0.2) is 36.4 Å². The zero-order valence-electron chi connectivity index (χ0n) is 23.6. The molecule has 9 nitrogen and oxygen atoms in total. The van der Waals surface area contributed by atoms with Crippen LogP contribution in [0.1, 0.15) is 70.6 Å². The first-order valence-corrected chi connectivity index (χ1v) is 15.3. The van der Waals surface area contributed by atoms with Gasteiger partial charge in [-0.3, -0.25) is 9.59 Å². The Labute approximate surface area is 247 Å². The van der Waals surface area contributed by atoms with Gasteiger partial charge >= 0.3 is 5.97 Å². The van der Waals surface area contributed by atoms with Crippen molar-refractivity contribution in [2.45, 2.75) is 102 Å². The lowest BCUT2D eigenvalue weighted by Gasteiger charge is -2.32. The average molecular weight is 595 g/mol. The van der Waals surface area contributed by atoms with Crippen molar-refractivity contribution < 1.29 is 43.1 Å². The van der Waals surface area contributed by atoms with Crippen molar-refractivity contribution in [3.63, 3.8) is 0 Å².